The molecule has 1 amide bonds. The van der Waals surface area contributed by atoms with Crippen LogP contribution in [0.5, 0.6) is 0 Å². The summed E-state index contributed by atoms with van der Waals surface area (Å²) >= 11 is 11.0. The number of nitrogens with one attached hydrogen (secondary N) is 1. The number of anilines is 1. The summed E-state index contributed by atoms with van der Waals surface area (Å²) in [4.78, 5) is 13.7. The number of carbonyl (C=O) groups is 1. The first kappa shape index (κ1) is 9.09. The number of hydrogen-bond donors (Lipinski definition) is 1. The lowest BCUT2D eigenvalue weighted by Gasteiger charge is -2.06. The summed E-state index contributed by atoms with van der Waals surface area (Å²) in [5.74, 6) is 0. The summed E-state index contributed by atoms with van der Waals surface area (Å²) in [7, 11) is 0. The number of amides is 1. The van der Waals surface area contributed by atoms with Crippen molar-refractivity contribution in [3.63, 3.8) is 0 Å². The molecule has 1 N–H and O–H groups in total. The Bertz CT molecular complexity index is 296. The van der Waals surface area contributed by atoms with Crippen LogP contribution in [0, 0.1) is 0 Å². The summed E-state index contributed by atoms with van der Waals surface area (Å²) in [6, 6.07) is 2.65. The lowest BCUT2D eigenvalue weighted by Crippen LogP contribution is -2.28. The maximum atomic E-state index is 10.1. The van der Waals surface area contributed by atoms with E-state index in [9.17, 15) is 9.90 Å². The Kier molecular flexibility index (Phi) is 2.73. The molecule has 0 bridgehead atoms. The number of nitrogens with zero attached hydrogens (tertiary/aromatic N) is 1. The monoisotopic (exact) mass is 205 g/mol. The molecule has 1 aromatic rings. The average Bonchev–Trinajstić information content (AvgIpc) is 1.81. The maximum Gasteiger partial charge on any atom is 0.138 e. The zero-order valence-electron chi connectivity index (χ0n) is 5.67. The molecule has 1 heterocycles. The highest BCUT2D eigenvalue weighted by molar-refractivity contribution is 6.32. The minimum Gasteiger partial charge on any atom is -0.530 e. The molecule has 12 heavy (non-hydrogen) atoms. The third-order valence-electron chi connectivity index (χ3n) is 1.01. The van der Waals surface area contributed by atoms with E-state index >= 15 is 0 Å². The Balaban J connectivity index is 2.93. The number of carbonyl (C=O) groups excluding carboxylic acids is 1. The lowest BCUT2D eigenvalue weighted by molar-refractivity contribution is -0.242. The van der Waals surface area contributed by atoms with Crippen LogP contribution in [0.3, 0.4) is 0 Å². The van der Waals surface area contributed by atoms with Crippen LogP contribution in [0.25, 0.3) is 0 Å². The van der Waals surface area contributed by atoms with Gasteiger partial charge in [0.25, 0.3) is 0 Å². The van der Waals surface area contributed by atoms with Crippen LogP contribution in [0.15, 0.2) is 12.1 Å². The standard InChI is InChI=1S/C6H4Cl2N2O2/c7-4-1-3(9-6(11)12)2-5(8)10-4/h1-2H,(H,9,10)(H,11,12)/p-1. The summed E-state index contributed by atoms with van der Waals surface area (Å²) in [6.07, 6.45) is -1.42. The van der Waals surface area contributed by atoms with Gasteiger partial charge >= 0.3 is 0 Å². The minimum absolute atomic E-state index is 0.117. The molecule has 0 aromatic carbocycles. The number of carboxylic acid groups (broad SMARTS) is 1. The van der Waals surface area contributed by atoms with Gasteiger partial charge in [0.15, 0.2) is 0 Å². The Morgan fingerprint density at radius 1 is 1.42 bits per heavy atom. The van der Waals surface area contributed by atoms with Gasteiger partial charge in [0.2, 0.25) is 0 Å². The minimum atomic E-state index is -1.42. The highest BCUT2D eigenvalue weighted by Gasteiger charge is 1.98. The molecule has 6 heteroatoms. The molecule has 0 unspecified atom stereocenters. The fourth-order valence-electron chi connectivity index (χ4n) is 0.655. The van der Waals surface area contributed by atoms with E-state index < -0.39 is 6.09 Å². The second kappa shape index (κ2) is 3.60. The SMILES string of the molecule is O=C([O-])Nc1cc(Cl)nc(Cl)c1. The van der Waals surface area contributed by atoms with Crippen LogP contribution in [-0.2, 0) is 0 Å². The zero-order chi connectivity index (χ0) is 9.14. The smallest absolute Gasteiger partial charge is 0.138 e. The van der Waals surface area contributed by atoms with Crippen LogP contribution in [0.1, 0.15) is 0 Å². The van der Waals surface area contributed by atoms with Crippen molar-refractivity contribution in [3.8, 4) is 0 Å². The first-order valence-corrected chi connectivity index (χ1v) is 3.64. The van der Waals surface area contributed by atoms with Gasteiger partial charge in [-0.2, -0.15) is 0 Å². The van der Waals surface area contributed by atoms with E-state index in [1.54, 1.807) is 0 Å². The first-order valence-electron chi connectivity index (χ1n) is 2.89. The Morgan fingerprint density at radius 3 is 2.33 bits per heavy atom. The summed E-state index contributed by atoms with van der Waals surface area (Å²) in [6.45, 7) is 0. The molecule has 1 aromatic heterocycles. The lowest BCUT2D eigenvalue weighted by atomic mass is 10.4. The van der Waals surface area contributed by atoms with Crippen LogP contribution >= 0.6 is 23.2 Å². The molecular formula is C6H3Cl2N2O2-. The van der Waals surface area contributed by atoms with Gasteiger partial charge in [-0.15, -0.1) is 0 Å². The molecule has 0 saturated heterocycles. The van der Waals surface area contributed by atoms with E-state index in [4.69, 9.17) is 23.2 Å². The third kappa shape index (κ3) is 2.56. The Hall–Kier alpha value is -1.00. The van der Waals surface area contributed by atoms with Gasteiger partial charge in [-0.05, 0) is 12.1 Å². The van der Waals surface area contributed by atoms with Crippen molar-refractivity contribution >= 4 is 35.0 Å². The van der Waals surface area contributed by atoms with Crippen LogP contribution in [0.4, 0.5) is 10.5 Å². The molecule has 0 aliphatic rings. The van der Waals surface area contributed by atoms with Crippen LogP contribution in [-0.4, -0.2) is 11.1 Å². The summed E-state index contributed by atoms with van der Waals surface area (Å²) in [5.41, 5.74) is 0.236. The predicted octanol–water partition coefficient (Wildman–Crippen LogP) is 1.14. The van der Waals surface area contributed by atoms with E-state index in [2.05, 4.69) is 4.98 Å². The fourth-order valence-corrected chi connectivity index (χ4v) is 1.12. The highest BCUT2D eigenvalue weighted by atomic mass is 35.5. The van der Waals surface area contributed by atoms with Crippen molar-refractivity contribution in [2.24, 2.45) is 0 Å². The molecule has 0 saturated carbocycles. The fraction of sp³-hybridized carbons (Fsp3) is 0. The number of hydrogen-bond acceptors (Lipinski definition) is 3. The normalized spacial score (nSPS) is 9.50. The molecular weight excluding hydrogens is 203 g/mol. The van der Waals surface area contributed by atoms with Gasteiger partial charge < -0.3 is 15.2 Å². The number of pyridine rings is 1. The molecule has 0 spiro atoms. The van der Waals surface area contributed by atoms with Crippen molar-refractivity contribution in [2.75, 3.05) is 5.32 Å². The van der Waals surface area contributed by atoms with E-state index in [0.717, 1.165) is 0 Å². The molecule has 1 rings (SSSR count). The van der Waals surface area contributed by atoms with Crippen molar-refractivity contribution in [1.82, 2.24) is 4.98 Å². The average molecular weight is 206 g/mol. The van der Waals surface area contributed by atoms with Gasteiger partial charge in [-0.25, -0.2) is 4.98 Å². The van der Waals surface area contributed by atoms with E-state index in [1.807, 2.05) is 5.32 Å². The van der Waals surface area contributed by atoms with Crippen molar-refractivity contribution in [1.29, 1.82) is 0 Å². The van der Waals surface area contributed by atoms with Gasteiger partial charge in [-0.1, -0.05) is 23.2 Å². The number of aromatic nitrogens is 1. The van der Waals surface area contributed by atoms with Crippen molar-refractivity contribution in [3.05, 3.63) is 22.4 Å². The van der Waals surface area contributed by atoms with Gasteiger partial charge in [0, 0.05) is 5.69 Å². The molecule has 0 aliphatic carbocycles. The van der Waals surface area contributed by atoms with Crippen LogP contribution < -0.4 is 10.4 Å². The molecule has 0 fully saturated rings. The number of rotatable bonds is 1. The topological polar surface area (TPSA) is 65.0 Å². The highest BCUT2D eigenvalue weighted by Crippen LogP contribution is 2.17. The van der Waals surface area contributed by atoms with Gasteiger partial charge in [0.05, 0.1) is 0 Å². The van der Waals surface area contributed by atoms with E-state index in [-0.39, 0.29) is 16.0 Å². The molecule has 0 atom stereocenters. The maximum absolute atomic E-state index is 10.1. The Morgan fingerprint density at radius 2 is 1.92 bits per heavy atom. The zero-order valence-corrected chi connectivity index (χ0v) is 7.19. The molecule has 64 valence electrons. The first-order chi connectivity index (χ1) is 5.58. The predicted molar refractivity (Wildman–Crippen MR) is 43.3 cm³/mol. The van der Waals surface area contributed by atoms with E-state index in [0.29, 0.717) is 0 Å². The van der Waals surface area contributed by atoms with Gasteiger partial charge in [-0.3, -0.25) is 0 Å². The van der Waals surface area contributed by atoms with Crippen molar-refractivity contribution < 1.29 is 9.90 Å². The Labute approximate surface area is 78.1 Å². The second-order valence-electron chi connectivity index (χ2n) is 1.91. The molecule has 0 radical (unpaired) electrons. The molecule has 0 aliphatic heterocycles. The number of halogens is 2. The molecule has 4 nitrogen and oxygen atoms in total. The summed E-state index contributed by atoms with van der Waals surface area (Å²) < 4.78 is 0. The second-order valence-corrected chi connectivity index (χ2v) is 2.69. The summed E-state index contributed by atoms with van der Waals surface area (Å²) in [5, 5.41) is 12.3. The van der Waals surface area contributed by atoms with Gasteiger partial charge in [0.1, 0.15) is 16.4 Å². The quantitative estimate of drug-likeness (QED) is 0.700. The van der Waals surface area contributed by atoms with Crippen LogP contribution in [0.2, 0.25) is 10.3 Å². The van der Waals surface area contributed by atoms with E-state index in [1.165, 1.54) is 12.1 Å². The van der Waals surface area contributed by atoms with Crippen molar-refractivity contribution in [2.45, 2.75) is 0 Å². The third-order valence-corrected chi connectivity index (χ3v) is 1.40. The largest absolute Gasteiger partial charge is 0.530 e.